The zero-order valence-electron chi connectivity index (χ0n) is 18.1. The Balaban J connectivity index is 1.65. The lowest BCUT2D eigenvalue weighted by Gasteiger charge is -2.26. The van der Waals surface area contributed by atoms with Crippen molar-refractivity contribution in [1.82, 2.24) is 15.3 Å². The first-order chi connectivity index (χ1) is 14.9. The lowest BCUT2D eigenvalue weighted by molar-refractivity contribution is -0.128. The number of nitrogens with zero attached hydrogens (tertiary/aromatic N) is 3. The minimum atomic E-state index is -0.258. The fourth-order valence-electron chi connectivity index (χ4n) is 3.89. The molecule has 0 bridgehead atoms. The molecule has 1 N–H and O–H groups in total. The van der Waals surface area contributed by atoms with E-state index in [4.69, 9.17) is 4.98 Å². The Morgan fingerprint density at radius 2 is 1.77 bits per heavy atom. The SMILES string of the molecule is CC(=O)N1CCC(=NNC(=O)c2cc(-c3cc(C)ccc3C)nc3ccccc23)CC1. The number of aromatic nitrogens is 1. The third-order valence-electron chi connectivity index (χ3n) is 5.73. The Morgan fingerprint density at radius 1 is 1.03 bits per heavy atom. The van der Waals surface area contributed by atoms with E-state index in [1.54, 1.807) is 11.8 Å². The Morgan fingerprint density at radius 3 is 2.52 bits per heavy atom. The average molecular weight is 415 g/mol. The van der Waals surface area contributed by atoms with Gasteiger partial charge in [0.2, 0.25) is 5.91 Å². The molecule has 1 aliphatic rings. The summed E-state index contributed by atoms with van der Waals surface area (Å²) in [5, 5.41) is 5.15. The predicted molar refractivity (Wildman–Crippen MR) is 123 cm³/mol. The maximum Gasteiger partial charge on any atom is 0.272 e. The van der Waals surface area contributed by atoms with E-state index in [0.29, 0.717) is 31.5 Å². The second-order valence-electron chi connectivity index (χ2n) is 8.02. The summed E-state index contributed by atoms with van der Waals surface area (Å²) in [6.45, 7) is 6.94. The molecule has 0 saturated carbocycles. The minimum absolute atomic E-state index is 0.0744. The molecule has 2 aromatic carbocycles. The number of hydrogen-bond donors (Lipinski definition) is 1. The molecule has 1 fully saturated rings. The van der Waals surface area contributed by atoms with Gasteiger partial charge in [0, 0.05) is 49.5 Å². The Hall–Kier alpha value is -3.54. The highest BCUT2D eigenvalue weighted by molar-refractivity contribution is 6.07. The van der Waals surface area contributed by atoms with Gasteiger partial charge in [0.15, 0.2) is 0 Å². The first kappa shape index (κ1) is 20.7. The summed E-state index contributed by atoms with van der Waals surface area (Å²) >= 11 is 0. The van der Waals surface area contributed by atoms with Gasteiger partial charge in [-0.3, -0.25) is 9.59 Å². The fraction of sp³-hybridized carbons (Fsp3) is 0.280. The number of piperidine rings is 1. The standard InChI is InChI=1S/C25H26N4O2/c1-16-8-9-17(2)21(14-16)24-15-22(20-6-4-5-7-23(20)26-24)25(31)28-27-19-10-12-29(13-11-19)18(3)30/h4-9,14-15H,10-13H2,1-3H3,(H,28,31). The van der Waals surface area contributed by atoms with E-state index in [1.807, 2.05) is 44.2 Å². The molecular formula is C25H26N4O2. The molecule has 0 atom stereocenters. The number of para-hydroxylation sites is 1. The molecule has 4 rings (SSSR count). The molecule has 1 aliphatic heterocycles. The number of benzene rings is 2. The molecule has 31 heavy (non-hydrogen) atoms. The molecule has 6 heteroatoms. The summed E-state index contributed by atoms with van der Waals surface area (Å²) in [6, 6.07) is 15.7. The Bertz CT molecular complexity index is 1190. The van der Waals surface area contributed by atoms with Gasteiger partial charge in [0.25, 0.3) is 5.91 Å². The summed E-state index contributed by atoms with van der Waals surface area (Å²) in [5.41, 5.74) is 8.99. The molecule has 0 aliphatic carbocycles. The van der Waals surface area contributed by atoms with Crippen molar-refractivity contribution >= 4 is 28.4 Å². The number of hydrogen-bond acceptors (Lipinski definition) is 4. The number of pyridine rings is 1. The van der Waals surface area contributed by atoms with Gasteiger partial charge in [-0.2, -0.15) is 5.10 Å². The van der Waals surface area contributed by atoms with Gasteiger partial charge in [-0.05, 0) is 37.6 Å². The van der Waals surface area contributed by atoms with Crippen molar-refractivity contribution in [3.8, 4) is 11.3 Å². The van der Waals surface area contributed by atoms with Crippen LogP contribution in [0, 0.1) is 13.8 Å². The third-order valence-corrected chi connectivity index (χ3v) is 5.73. The summed E-state index contributed by atoms with van der Waals surface area (Å²) in [4.78, 5) is 31.2. The lowest BCUT2D eigenvalue weighted by atomic mass is 9.99. The zero-order chi connectivity index (χ0) is 22.0. The van der Waals surface area contributed by atoms with Crippen LogP contribution in [-0.2, 0) is 4.79 Å². The molecule has 158 valence electrons. The fourth-order valence-corrected chi connectivity index (χ4v) is 3.89. The molecule has 2 heterocycles. The van der Waals surface area contributed by atoms with Crippen LogP contribution in [0.1, 0.15) is 41.3 Å². The molecule has 2 amide bonds. The van der Waals surface area contributed by atoms with Crippen molar-refractivity contribution in [2.45, 2.75) is 33.6 Å². The summed E-state index contributed by atoms with van der Waals surface area (Å²) < 4.78 is 0. The van der Waals surface area contributed by atoms with Crippen LogP contribution < -0.4 is 5.43 Å². The van der Waals surface area contributed by atoms with Gasteiger partial charge in [0.1, 0.15) is 0 Å². The van der Waals surface area contributed by atoms with Gasteiger partial charge < -0.3 is 4.90 Å². The van der Waals surface area contributed by atoms with Crippen LogP contribution in [0.3, 0.4) is 0 Å². The number of likely N-dealkylation sites (tertiary alicyclic amines) is 1. The summed E-state index contributed by atoms with van der Waals surface area (Å²) in [5.74, 6) is -0.183. The highest BCUT2D eigenvalue weighted by atomic mass is 16.2. The van der Waals surface area contributed by atoms with E-state index in [9.17, 15) is 9.59 Å². The van der Waals surface area contributed by atoms with Crippen LogP contribution in [0.2, 0.25) is 0 Å². The van der Waals surface area contributed by atoms with Crippen LogP contribution in [0.15, 0.2) is 53.6 Å². The van der Waals surface area contributed by atoms with E-state index in [0.717, 1.165) is 39.0 Å². The number of fused-ring (bicyclic) bond motifs is 1. The first-order valence-electron chi connectivity index (χ1n) is 10.5. The van der Waals surface area contributed by atoms with Crippen LogP contribution in [0.25, 0.3) is 22.2 Å². The predicted octanol–water partition coefficient (Wildman–Crippen LogP) is 4.25. The quantitative estimate of drug-likeness (QED) is 0.651. The first-order valence-corrected chi connectivity index (χ1v) is 10.5. The molecule has 0 radical (unpaired) electrons. The molecule has 6 nitrogen and oxygen atoms in total. The Kier molecular flexibility index (Phi) is 5.80. The number of amides is 2. The van der Waals surface area contributed by atoms with Crippen molar-refractivity contribution in [1.29, 1.82) is 0 Å². The van der Waals surface area contributed by atoms with Crippen molar-refractivity contribution in [3.63, 3.8) is 0 Å². The second-order valence-corrected chi connectivity index (χ2v) is 8.02. The van der Waals surface area contributed by atoms with Crippen molar-refractivity contribution < 1.29 is 9.59 Å². The topological polar surface area (TPSA) is 74.7 Å². The van der Waals surface area contributed by atoms with Gasteiger partial charge >= 0.3 is 0 Å². The molecule has 0 unspecified atom stereocenters. The number of nitrogens with one attached hydrogen (secondary N) is 1. The average Bonchev–Trinajstić information content (AvgIpc) is 2.78. The largest absolute Gasteiger partial charge is 0.342 e. The van der Waals surface area contributed by atoms with Crippen LogP contribution in [0.5, 0.6) is 0 Å². The lowest BCUT2D eigenvalue weighted by Crippen LogP contribution is -2.37. The van der Waals surface area contributed by atoms with E-state index >= 15 is 0 Å². The summed E-state index contributed by atoms with van der Waals surface area (Å²) in [7, 11) is 0. The summed E-state index contributed by atoms with van der Waals surface area (Å²) in [6.07, 6.45) is 1.34. The highest BCUT2D eigenvalue weighted by Crippen LogP contribution is 2.28. The molecule has 1 aromatic heterocycles. The van der Waals surface area contributed by atoms with Gasteiger partial charge in [-0.25, -0.2) is 10.4 Å². The number of carbonyl (C=O) groups excluding carboxylic acids is 2. The number of rotatable bonds is 3. The van der Waals surface area contributed by atoms with Crippen molar-refractivity contribution in [3.05, 3.63) is 65.2 Å². The number of hydrazone groups is 1. The van der Waals surface area contributed by atoms with E-state index < -0.39 is 0 Å². The molecular weight excluding hydrogens is 388 g/mol. The number of carbonyl (C=O) groups is 2. The normalized spacial score (nSPS) is 13.9. The van der Waals surface area contributed by atoms with Crippen LogP contribution >= 0.6 is 0 Å². The van der Waals surface area contributed by atoms with Crippen molar-refractivity contribution in [2.75, 3.05) is 13.1 Å². The maximum atomic E-state index is 13.1. The second kappa shape index (κ2) is 8.68. The zero-order valence-corrected chi connectivity index (χ0v) is 18.1. The highest BCUT2D eigenvalue weighted by Gasteiger charge is 2.18. The van der Waals surface area contributed by atoms with Gasteiger partial charge in [-0.15, -0.1) is 0 Å². The number of aryl methyl sites for hydroxylation is 2. The third kappa shape index (κ3) is 4.48. The molecule has 1 saturated heterocycles. The van der Waals surface area contributed by atoms with Gasteiger partial charge in [0.05, 0.1) is 16.8 Å². The van der Waals surface area contributed by atoms with E-state index in [2.05, 4.69) is 28.7 Å². The monoisotopic (exact) mass is 414 g/mol. The van der Waals surface area contributed by atoms with E-state index in [-0.39, 0.29) is 11.8 Å². The smallest absolute Gasteiger partial charge is 0.272 e. The van der Waals surface area contributed by atoms with Gasteiger partial charge in [-0.1, -0.05) is 35.9 Å². The molecule has 3 aromatic rings. The van der Waals surface area contributed by atoms with Crippen molar-refractivity contribution in [2.24, 2.45) is 5.10 Å². The maximum absolute atomic E-state index is 13.1. The van der Waals surface area contributed by atoms with Crippen LogP contribution in [-0.4, -0.2) is 40.5 Å². The Labute approximate surface area is 182 Å². The molecule has 0 spiro atoms. The van der Waals surface area contributed by atoms with E-state index in [1.165, 1.54) is 0 Å². The minimum Gasteiger partial charge on any atom is -0.342 e. The van der Waals surface area contributed by atoms with Crippen LogP contribution in [0.4, 0.5) is 0 Å².